The maximum atomic E-state index is 9.30. The van der Waals surface area contributed by atoms with Crippen molar-refractivity contribution in [2.24, 2.45) is 0 Å². The minimum absolute atomic E-state index is 0.256. The van der Waals surface area contributed by atoms with Crippen molar-refractivity contribution in [1.82, 2.24) is 5.32 Å². The number of anilines is 1. The molecule has 0 bridgehead atoms. The van der Waals surface area contributed by atoms with Gasteiger partial charge in [0.1, 0.15) is 6.07 Å². The molecule has 110 valence electrons. The maximum absolute atomic E-state index is 9.30. The molecule has 0 aliphatic heterocycles. The highest BCUT2D eigenvalue weighted by molar-refractivity contribution is 5.60. The second kappa shape index (κ2) is 9.35. The van der Waals surface area contributed by atoms with E-state index in [4.69, 9.17) is 5.11 Å². The third-order valence-corrected chi connectivity index (χ3v) is 3.32. The number of benzene rings is 1. The van der Waals surface area contributed by atoms with Crippen LogP contribution in [0.15, 0.2) is 18.2 Å². The van der Waals surface area contributed by atoms with Crippen LogP contribution >= 0.6 is 0 Å². The summed E-state index contributed by atoms with van der Waals surface area (Å²) in [7, 11) is 2.01. The Kier molecular flexibility index (Phi) is 7.71. The van der Waals surface area contributed by atoms with E-state index in [0.29, 0.717) is 0 Å². The van der Waals surface area contributed by atoms with Gasteiger partial charge in [0.05, 0.1) is 11.3 Å². The smallest absolute Gasteiger partial charge is 0.101 e. The van der Waals surface area contributed by atoms with Gasteiger partial charge in [0.15, 0.2) is 0 Å². The first-order valence-electron chi connectivity index (χ1n) is 7.28. The largest absolute Gasteiger partial charge is 0.396 e. The normalized spacial score (nSPS) is 10.3. The fourth-order valence-corrected chi connectivity index (χ4v) is 2.14. The third kappa shape index (κ3) is 5.20. The van der Waals surface area contributed by atoms with Crippen LogP contribution in [0.1, 0.15) is 37.3 Å². The van der Waals surface area contributed by atoms with Gasteiger partial charge in [-0.05, 0) is 43.5 Å². The molecule has 0 aliphatic rings. The molecular formula is C16H25N3O. The van der Waals surface area contributed by atoms with Crippen molar-refractivity contribution in [1.29, 1.82) is 5.26 Å². The van der Waals surface area contributed by atoms with E-state index in [-0.39, 0.29) is 6.61 Å². The zero-order valence-corrected chi connectivity index (χ0v) is 12.5. The van der Waals surface area contributed by atoms with Crippen molar-refractivity contribution < 1.29 is 5.11 Å². The van der Waals surface area contributed by atoms with Crippen LogP contribution in [0.5, 0.6) is 0 Å². The molecule has 0 aliphatic carbocycles. The van der Waals surface area contributed by atoms with E-state index in [1.165, 1.54) is 0 Å². The highest BCUT2D eigenvalue weighted by Gasteiger charge is 2.08. The van der Waals surface area contributed by atoms with E-state index >= 15 is 0 Å². The lowest BCUT2D eigenvalue weighted by molar-refractivity contribution is 0.283. The van der Waals surface area contributed by atoms with Gasteiger partial charge >= 0.3 is 0 Å². The zero-order valence-electron chi connectivity index (χ0n) is 12.5. The van der Waals surface area contributed by atoms with Crippen LogP contribution in [0.3, 0.4) is 0 Å². The molecule has 0 spiro atoms. The number of rotatable bonds is 9. The van der Waals surface area contributed by atoms with Crippen LogP contribution in [0, 0.1) is 11.3 Å². The van der Waals surface area contributed by atoms with Gasteiger partial charge < -0.3 is 15.3 Å². The first-order chi connectivity index (χ1) is 9.72. The molecule has 4 heteroatoms. The molecule has 0 aromatic heterocycles. The molecule has 0 radical (unpaired) electrons. The molecule has 1 rings (SSSR count). The van der Waals surface area contributed by atoms with Crippen LogP contribution in [0.4, 0.5) is 5.69 Å². The number of hydrogen-bond donors (Lipinski definition) is 2. The summed E-state index contributed by atoms with van der Waals surface area (Å²) in [5.41, 5.74) is 2.85. The average molecular weight is 275 g/mol. The summed E-state index contributed by atoms with van der Waals surface area (Å²) >= 11 is 0. The highest BCUT2D eigenvalue weighted by atomic mass is 16.2. The Labute approximate surface area is 122 Å². The summed E-state index contributed by atoms with van der Waals surface area (Å²) in [6.45, 7) is 4.95. The van der Waals surface area contributed by atoms with Crippen LogP contribution in [-0.2, 0) is 6.54 Å². The quantitative estimate of drug-likeness (QED) is 0.679. The first-order valence-corrected chi connectivity index (χ1v) is 7.28. The fourth-order valence-electron chi connectivity index (χ4n) is 2.14. The molecule has 0 saturated carbocycles. The summed E-state index contributed by atoms with van der Waals surface area (Å²) in [4.78, 5) is 2.12. The lowest BCUT2D eigenvalue weighted by Crippen LogP contribution is -2.20. The second-order valence-electron chi connectivity index (χ2n) is 4.95. The molecule has 0 heterocycles. The topological polar surface area (TPSA) is 59.3 Å². The van der Waals surface area contributed by atoms with Crippen LogP contribution in [-0.4, -0.2) is 31.9 Å². The van der Waals surface area contributed by atoms with Crippen molar-refractivity contribution in [3.8, 4) is 6.07 Å². The van der Waals surface area contributed by atoms with Crippen molar-refractivity contribution in [3.05, 3.63) is 29.3 Å². The Balaban J connectivity index is 2.66. The fraction of sp³-hybridized carbons (Fsp3) is 0.562. The molecule has 1 aromatic carbocycles. The summed E-state index contributed by atoms with van der Waals surface area (Å²) in [5, 5.41) is 21.3. The average Bonchev–Trinajstić information content (AvgIpc) is 2.49. The van der Waals surface area contributed by atoms with Crippen LogP contribution < -0.4 is 10.2 Å². The Morgan fingerprint density at radius 2 is 2.10 bits per heavy atom. The van der Waals surface area contributed by atoms with Gasteiger partial charge in [-0.15, -0.1) is 0 Å². The van der Waals surface area contributed by atoms with Gasteiger partial charge in [0.2, 0.25) is 0 Å². The van der Waals surface area contributed by atoms with E-state index in [9.17, 15) is 5.26 Å². The lowest BCUT2D eigenvalue weighted by atomic mass is 10.1. The number of unbranched alkanes of at least 4 members (excludes halogenated alkanes) is 2. The molecule has 0 unspecified atom stereocenters. The standard InChI is InChI=1S/C16H25N3O/c1-3-18-13-14-7-8-16(15(11-14)12-17)19(2)9-5-4-6-10-20/h7-8,11,18,20H,3-6,9-10,13H2,1-2H3. The van der Waals surface area contributed by atoms with Crippen LogP contribution in [0.25, 0.3) is 0 Å². The predicted molar refractivity (Wildman–Crippen MR) is 82.7 cm³/mol. The third-order valence-electron chi connectivity index (χ3n) is 3.32. The minimum Gasteiger partial charge on any atom is -0.396 e. The Morgan fingerprint density at radius 1 is 1.30 bits per heavy atom. The molecule has 0 fully saturated rings. The number of aliphatic hydroxyl groups is 1. The minimum atomic E-state index is 0.256. The van der Waals surface area contributed by atoms with E-state index in [1.807, 2.05) is 19.2 Å². The molecule has 4 nitrogen and oxygen atoms in total. The van der Waals surface area contributed by atoms with Crippen molar-refractivity contribution in [3.63, 3.8) is 0 Å². The zero-order chi connectivity index (χ0) is 14.8. The summed E-state index contributed by atoms with van der Waals surface area (Å²) in [6, 6.07) is 8.34. The van der Waals surface area contributed by atoms with E-state index in [0.717, 1.165) is 55.7 Å². The second-order valence-corrected chi connectivity index (χ2v) is 4.95. The van der Waals surface area contributed by atoms with Gasteiger partial charge in [-0.1, -0.05) is 13.0 Å². The van der Waals surface area contributed by atoms with E-state index in [1.54, 1.807) is 0 Å². The Bertz CT molecular complexity index is 440. The molecular weight excluding hydrogens is 250 g/mol. The number of aliphatic hydroxyl groups excluding tert-OH is 1. The first kappa shape index (κ1) is 16.5. The molecule has 0 atom stereocenters. The molecule has 1 aromatic rings. The lowest BCUT2D eigenvalue weighted by Gasteiger charge is -2.21. The maximum Gasteiger partial charge on any atom is 0.101 e. The van der Waals surface area contributed by atoms with Crippen molar-refractivity contribution in [2.75, 3.05) is 31.6 Å². The van der Waals surface area contributed by atoms with Gasteiger partial charge in [-0.3, -0.25) is 0 Å². The number of nitriles is 1. The van der Waals surface area contributed by atoms with Gasteiger partial charge in [-0.25, -0.2) is 0 Å². The Morgan fingerprint density at radius 3 is 2.75 bits per heavy atom. The van der Waals surface area contributed by atoms with Crippen molar-refractivity contribution in [2.45, 2.75) is 32.7 Å². The van der Waals surface area contributed by atoms with E-state index in [2.05, 4.69) is 29.3 Å². The number of nitrogens with zero attached hydrogens (tertiary/aromatic N) is 2. The van der Waals surface area contributed by atoms with Gasteiger partial charge in [0, 0.05) is 26.7 Å². The summed E-state index contributed by atoms with van der Waals surface area (Å²) in [5.74, 6) is 0. The predicted octanol–water partition coefficient (Wildman–Crippen LogP) is 2.27. The summed E-state index contributed by atoms with van der Waals surface area (Å²) in [6.07, 6.45) is 2.89. The van der Waals surface area contributed by atoms with Gasteiger partial charge in [-0.2, -0.15) is 5.26 Å². The van der Waals surface area contributed by atoms with E-state index < -0.39 is 0 Å². The van der Waals surface area contributed by atoms with Crippen molar-refractivity contribution >= 4 is 5.69 Å². The highest BCUT2D eigenvalue weighted by Crippen LogP contribution is 2.21. The molecule has 20 heavy (non-hydrogen) atoms. The van der Waals surface area contributed by atoms with Gasteiger partial charge in [0.25, 0.3) is 0 Å². The Hall–Kier alpha value is -1.57. The number of hydrogen-bond acceptors (Lipinski definition) is 4. The van der Waals surface area contributed by atoms with Crippen LogP contribution in [0.2, 0.25) is 0 Å². The summed E-state index contributed by atoms with van der Waals surface area (Å²) < 4.78 is 0. The molecule has 2 N–H and O–H groups in total. The monoisotopic (exact) mass is 275 g/mol. The number of nitrogens with one attached hydrogen (secondary N) is 1. The molecule has 0 saturated heterocycles. The molecule has 0 amide bonds. The SMILES string of the molecule is CCNCc1ccc(N(C)CCCCCO)c(C#N)c1.